The minimum atomic E-state index is 0.00706. The van der Waals surface area contributed by atoms with Crippen LogP contribution in [-0.4, -0.2) is 50.2 Å². The van der Waals surface area contributed by atoms with E-state index in [0.29, 0.717) is 18.3 Å². The van der Waals surface area contributed by atoms with Gasteiger partial charge in [-0.3, -0.25) is 4.79 Å². The van der Waals surface area contributed by atoms with Crippen molar-refractivity contribution in [1.29, 1.82) is 0 Å². The van der Waals surface area contributed by atoms with Crippen LogP contribution in [0.4, 0.5) is 0 Å². The van der Waals surface area contributed by atoms with Crippen LogP contribution in [0.15, 0.2) is 0 Å². The summed E-state index contributed by atoms with van der Waals surface area (Å²) in [4.78, 5) is 14.3. The van der Waals surface area contributed by atoms with Gasteiger partial charge in [-0.05, 0) is 57.7 Å². The van der Waals surface area contributed by atoms with E-state index < -0.39 is 0 Å². The Kier molecular flexibility index (Phi) is 5.64. The number of carbonyl (C=O) groups is 1. The van der Waals surface area contributed by atoms with Crippen molar-refractivity contribution in [2.75, 3.05) is 33.2 Å². The Balaban J connectivity index is 1.68. The van der Waals surface area contributed by atoms with Gasteiger partial charge in [0.25, 0.3) is 0 Å². The fraction of sp³-hybridized carbons (Fsp3) is 0.933. The van der Waals surface area contributed by atoms with Gasteiger partial charge in [0.05, 0.1) is 0 Å². The molecule has 0 bridgehead atoms. The first kappa shape index (κ1) is 14.8. The number of likely N-dealkylation sites (tertiary alicyclic amines) is 1. The van der Waals surface area contributed by atoms with Crippen LogP contribution in [0.1, 0.15) is 39.0 Å². The van der Waals surface area contributed by atoms with E-state index in [1.165, 1.54) is 12.8 Å². The second kappa shape index (κ2) is 7.25. The van der Waals surface area contributed by atoms with E-state index in [-0.39, 0.29) is 12.1 Å². The summed E-state index contributed by atoms with van der Waals surface area (Å²) in [6.45, 7) is 6.46. The molecule has 0 aromatic rings. The van der Waals surface area contributed by atoms with E-state index in [9.17, 15) is 4.79 Å². The highest BCUT2D eigenvalue weighted by atomic mass is 16.5. The molecule has 2 atom stereocenters. The van der Waals surface area contributed by atoms with E-state index >= 15 is 0 Å². The summed E-state index contributed by atoms with van der Waals surface area (Å²) in [6, 6.07) is 0. The highest BCUT2D eigenvalue weighted by molar-refractivity contribution is 5.69. The van der Waals surface area contributed by atoms with E-state index in [1.807, 2.05) is 0 Å². The molecule has 2 aliphatic heterocycles. The predicted octanol–water partition coefficient (Wildman–Crippen LogP) is 1.65. The maximum absolute atomic E-state index is 12.0. The second-order valence-corrected chi connectivity index (χ2v) is 6.28. The van der Waals surface area contributed by atoms with Gasteiger partial charge in [0.2, 0.25) is 0 Å². The van der Waals surface area contributed by atoms with Gasteiger partial charge in [0.15, 0.2) is 0 Å². The second-order valence-electron chi connectivity index (χ2n) is 6.28. The zero-order chi connectivity index (χ0) is 13.7. The molecule has 110 valence electrons. The normalized spacial score (nSPS) is 28.0. The van der Waals surface area contributed by atoms with Crippen molar-refractivity contribution in [3.8, 4) is 0 Å². The highest BCUT2D eigenvalue weighted by Crippen LogP contribution is 2.23. The molecular formula is C15H28N2O2. The molecule has 2 heterocycles. The van der Waals surface area contributed by atoms with Gasteiger partial charge in [-0.2, -0.15) is 0 Å². The van der Waals surface area contributed by atoms with Crippen LogP contribution in [0.2, 0.25) is 0 Å². The molecule has 4 nitrogen and oxygen atoms in total. The molecule has 0 amide bonds. The third kappa shape index (κ3) is 4.77. The van der Waals surface area contributed by atoms with Gasteiger partial charge in [-0.15, -0.1) is 0 Å². The summed E-state index contributed by atoms with van der Waals surface area (Å²) in [5, 5.41) is 3.42. The highest BCUT2D eigenvalue weighted by Gasteiger charge is 2.25. The first-order valence-corrected chi connectivity index (χ1v) is 7.74. The summed E-state index contributed by atoms with van der Waals surface area (Å²) in [5.41, 5.74) is 0. The zero-order valence-corrected chi connectivity index (χ0v) is 12.4. The predicted molar refractivity (Wildman–Crippen MR) is 76.0 cm³/mol. The van der Waals surface area contributed by atoms with Gasteiger partial charge in [-0.1, -0.05) is 6.92 Å². The van der Waals surface area contributed by atoms with Gasteiger partial charge in [-0.25, -0.2) is 0 Å². The Morgan fingerprint density at radius 1 is 1.37 bits per heavy atom. The van der Waals surface area contributed by atoms with Crippen molar-refractivity contribution in [3.63, 3.8) is 0 Å². The lowest BCUT2D eigenvalue weighted by molar-refractivity contribution is -0.152. The maximum Gasteiger partial charge on any atom is 0.306 e. The molecule has 2 rings (SSSR count). The van der Waals surface area contributed by atoms with E-state index in [4.69, 9.17) is 4.74 Å². The minimum Gasteiger partial charge on any atom is -0.462 e. The monoisotopic (exact) mass is 268 g/mol. The Labute approximate surface area is 116 Å². The maximum atomic E-state index is 12.0. The number of hydrogen-bond acceptors (Lipinski definition) is 4. The van der Waals surface area contributed by atoms with Crippen molar-refractivity contribution in [2.45, 2.75) is 45.1 Å². The molecule has 0 aromatic carbocycles. The summed E-state index contributed by atoms with van der Waals surface area (Å²) in [6.07, 6.45) is 5.19. The van der Waals surface area contributed by atoms with Crippen LogP contribution < -0.4 is 5.32 Å². The fourth-order valence-electron chi connectivity index (χ4n) is 3.13. The molecule has 2 unspecified atom stereocenters. The molecule has 19 heavy (non-hydrogen) atoms. The standard InChI is InChI=1S/C15H28N2O2/c1-12(13-4-3-7-16-11-13)10-15(18)19-14-5-8-17(2)9-6-14/h12-14,16H,3-11H2,1-2H3. The lowest BCUT2D eigenvalue weighted by Gasteiger charge is -2.30. The number of carbonyl (C=O) groups excluding carboxylic acids is 1. The minimum absolute atomic E-state index is 0.00706. The third-order valence-electron chi connectivity index (χ3n) is 4.59. The van der Waals surface area contributed by atoms with E-state index in [2.05, 4.69) is 24.2 Å². The number of esters is 1. The van der Waals surface area contributed by atoms with E-state index in [0.717, 1.165) is 39.0 Å². The molecule has 0 saturated carbocycles. The van der Waals surface area contributed by atoms with Gasteiger partial charge in [0, 0.05) is 19.5 Å². The molecule has 0 aromatic heterocycles. The number of hydrogen-bond donors (Lipinski definition) is 1. The van der Waals surface area contributed by atoms with Crippen molar-refractivity contribution < 1.29 is 9.53 Å². The lowest BCUT2D eigenvalue weighted by atomic mass is 9.85. The van der Waals surface area contributed by atoms with Crippen LogP contribution in [0.3, 0.4) is 0 Å². The van der Waals surface area contributed by atoms with Crippen molar-refractivity contribution >= 4 is 5.97 Å². The quantitative estimate of drug-likeness (QED) is 0.787. The molecule has 0 aliphatic carbocycles. The summed E-state index contributed by atoms with van der Waals surface area (Å²) >= 11 is 0. The largest absolute Gasteiger partial charge is 0.462 e. The number of piperidine rings is 2. The molecule has 4 heteroatoms. The molecule has 1 N–H and O–H groups in total. The van der Waals surface area contributed by atoms with Gasteiger partial charge < -0.3 is 15.0 Å². The van der Waals surface area contributed by atoms with Crippen molar-refractivity contribution in [3.05, 3.63) is 0 Å². The third-order valence-corrected chi connectivity index (χ3v) is 4.59. The Morgan fingerprint density at radius 3 is 2.74 bits per heavy atom. The molecule has 2 aliphatic rings. The number of ether oxygens (including phenoxy) is 1. The molecule has 0 spiro atoms. The van der Waals surface area contributed by atoms with Crippen LogP contribution in [-0.2, 0) is 9.53 Å². The van der Waals surface area contributed by atoms with E-state index in [1.54, 1.807) is 0 Å². The van der Waals surface area contributed by atoms with Crippen LogP contribution in [0.5, 0.6) is 0 Å². The fourth-order valence-corrected chi connectivity index (χ4v) is 3.13. The number of rotatable bonds is 4. The van der Waals surface area contributed by atoms with Crippen molar-refractivity contribution in [2.24, 2.45) is 11.8 Å². The van der Waals surface area contributed by atoms with Crippen LogP contribution >= 0.6 is 0 Å². The molecule has 0 radical (unpaired) electrons. The van der Waals surface area contributed by atoms with Crippen molar-refractivity contribution in [1.82, 2.24) is 10.2 Å². The van der Waals surface area contributed by atoms with Gasteiger partial charge in [0.1, 0.15) is 6.10 Å². The Morgan fingerprint density at radius 2 is 2.11 bits per heavy atom. The zero-order valence-electron chi connectivity index (χ0n) is 12.4. The summed E-state index contributed by atoms with van der Waals surface area (Å²) in [7, 11) is 2.12. The average Bonchev–Trinajstić information content (AvgIpc) is 2.42. The summed E-state index contributed by atoms with van der Waals surface area (Å²) in [5.74, 6) is 1.08. The first-order valence-electron chi connectivity index (χ1n) is 7.74. The Hall–Kier alpha value is -0.610. The lowest BCUT2D eigenvalue weighted by Crippen LogP contribution is -2.36. The molecule has 2 fully saturated rings. The smallest absolute Gasteiger partial charge is 0.306 e. The number of nitrogens with zero attached hydrogens (tertiary/aromatic N) is 1. The number of nitrogens with one attached hydrogen (secondary N) is 1. The summed E-state index contributed by atoms with van der Waals surface area (Å²) < 4.78 is 5.62. The molecule has 2 saturated heterocycles. The first-order chi connectivity index (χ1) is 9.15. The Bertz CT molecular complexity index is 282. The molecular weight excluding hydrogens is 240 g/mol. The van der Waals surface area contributed by atoms with Gasteiger partial charge >= 0.3 is 5.97 Å². The topological polar surface area (TPSA) is 41.6 Å². The SMILES string of the molecule is CC(CC(=O)OC1CCN(C)CC1)C1CCCNC1. The van der Waals surface area contributed by atoms with Crippen LogP contribution in [0.25, 0.3) is 0 Å². The van der Waals surface area contributed by atoms with Crippen LogP contribution in [0, 0.1) is 11.8 Å². The average molecular weight is 268 g/mol.